The molecule has 1 fully saturated rings. The molecular weight excluding hydrogens is 384 g/mol. The second-order valence-electron chi connectivity index (χ2n) is 5.31. The number of hydrogen-bond donors (Lipinski definition) is 1. The van der Waals surface area contributed by atoms with E-state index in [-0.39, 0.29) is 30.7 Å². The van der Waals surface area contributed by atoms with Crippen molar-refractivity contribution in [3.05, 3.63) is 18.7 Å². The molecule has 2 rings (SSSR count). The minimum Gasteiger partial charge on any atom is -0.356 e. The maximum Gasteiger partial charge on any atom is 0.193 e. The molecule has 0 spiro atoms. The van der Waals surface area contributed by atoms with Gasteiger partial charge in [0.1, 0.15) is 0 Å². The number of rotatable bonds is 4. The van der Waals surface area contributed by atoms with Gasteiger partial charge in [-0.15, -0.1) is 24.0 Å². The molecule has 2 heterocycles. The lowest BCUT2D eigenvalue weighted by Gasteiger charge is -2.39. The van der Waals surface area contributed by atoms with Gasteiger partial charge in [-0.05, 0) is 18.8 Å². The highest BCUT2D eigenvalue weighted by atomic mass is 127. The van der Waals surface area contributed by atoms with Crippen LogP contribution in [-0.2, 0) is 0 Å². The molecule has 1 saturated heterocycles. The van der Waals surface area contributed by atoms with Crippen molar-refractivity contribution in [2.24, 2.45) is 10.9 Å². The van der Waals surface area contributed by atoms with Crippen molar-refractivity contribution < 1.29 is 4.39 Å². The van der Waals surface area contributed by atoms with E-state index in [4.69, 9.17) is 0 Å². The Balaban J connectivity index is 0.00000220. The van der Waals surface area contributed by atoms with Crippen LogP contribution in [0.25, 0.3) is 0 Å². The van der Waals surface area contributed by atoms with Crippen LogP contribution in [0.4, 0.5) is 4.39 Å². The van der Waals surface area contributed by atoms with Crippen molar-refractivity contribution in [3.63, 3.8) is 0 Å². The fourth-order valence-corrected chi connectivity index (χ4v) is 2.69. The zero-order valence-electron chi connectivity index (χ0n) is 12.7. The van der Waals surface area contributed by atoms with Gasteiger partial charge in [-0.1, -0.05) is 6.92 Å². The maximum absolute atomic E-state index is 12.2. The van der Waals surface area contributed by atoms with E-state index in [1.165, 1.54) is 0 Å². The van der Waals surface area contributed by atoms with E-state index in [0.717, 1.165) is 25.5 Å². The molecular formula is C14H25FIN5. The Hall–Kier alpha value is -0.860. The highest BCUT2D eigenvalue weighted by Gasteiger charge is 2.28. The van der Waals surface area contributed by atoms with Crippen LogP contribution in [-0.4, -0.2) is 53.8 Å². The summed E-state index contributed by atoms with van der Waals surface area (Å²) in [6.07, 6.45) is 7.36. The van der Waals surface area contributed by atoms with Gasteiger partial charge in [-0.25, -0.2) is 4.98 Å². The van der Waals surface area contributed by atoms with Gasteiger partial charge in [0.15, 0.2) is 5.96 Å². The van der Waals surface area contributed by atoms with Gasteiger partial charge in [-0.3, -0.25) is 9.38 Å². The number of nitrogens with zero attached hydrogens (tertiary/aromatic N) is 4. The van der Waals surface area contributed by atoms with Crippen molar-refractivity contribution >= 4 is 29.9 Å². The first kappa shape index (κ1) is 18.2. The van der Waals surface area contributed by atoms with E-state index in [1.807, 2.05) is 18.7 Å². The first-order valence-electron chi connectivity index (χ1n) is 7.25. The minimum atomic E-state index is -0.293. The average Bonchev–Trinajstić information content (AvgIpc) is 2.99. The van der Waals surface area contributed by atoms with Crippen LogP contribution < -0.4 is 5.32 Å². The highest BCUT2D eigenvalue weighted by Crippen LogP contribution is 2.27. The van der Waals surface area contributed by atoms with E-state index in [2.05, 4.69) is 31.7 Å². The lowest BCUT2D eigenvalue weighted by Crippen LogP contribution is -2.49. The van der Waals surface area contributed by atoms with Crippen LogP contribution in [0.3, 0.4) is 0 Å². The van der Waals surface area contributed by atoms with Crippen molar-refractivity contribution in [2.45, 2.75) is 25.8 Å². The van der Waals surface area contributed by atoms with Crippen molar-refractivity contribution in [3.8, 4) is 0 Å². The fourth-order valence-electron chi connectivity index (χ4n) is 2.69. The molecule has 1 aliphatic rings. The number of piperidine rings is 1. The quantitative estimate of drug-likeness (QED) is 0.360. The molecule has 0 aromatic carbocycles. The Bertz CT molecular complexity index is 423. The maximum atomic E-state index is 12.2. The highest BCUT2D eigenvalue weighted by molar-refractivity contribution is 14.0. The molecule has 0 aliphatic carbocycles. The first-order chi connectivity index (χ1) is 9.76. The summed E-state index contributed by atoms with van der Waals surface area (Å²) in [7, 11) is 1.78. The summed E-state index contributed by atoms with van der Waals surface area (Å²) in [6, 6.07) is 0.408. The first-order valence-corrected chi connectivity index (χ1v) is 7.25. The van der Waals surface area contributed by atoms with E-state index < -0.39 is 0 Å². The smallest absolute Gasteiger partial charge is 0.193 e. The summed E-state index contributed by atoms with van der Waals surface area (Å²) in [6.45, 7) is 4.51. The van der Waals surface area contributed by atoms with E-state index in [1.54, 1.807) is 7.05 Å². The van der Waals surface area contributed by atoms with Crippen molar-refractivity contribution in [2.75, 3.05) is 33.4 Å². The Kier molecular flexibility index (Phi) is 7.98. The van der Waals surface area contributed by atoms with Crippen LogP contribution >= 0.6 is 24.0 Å². The normalized spacial score (nSPS) is 22.8. The lowest BCUT2D eigenvalue weighted by molar-refractivity contribution is 0.189. The van der Waals surface area contributed by atoms with Crippen LogP contribution in [0.5, 0.6) is 0 Å². The fraction of sp³-hybridized carbons (Fsp3) is 0.714. The van der Waals surface area contributed by atoms with Gasteiger partial charge >= 0.3 is 0 Å². The molecule has 0 bridgehead atoms. The van der Waals surface area contributed by atoms with Gasteiger partial charge in [-0.2, -0.15) is 0 Å². The van der Waals surface area contributed by atoms with Crippen molar-refractivity contribution in [1.82, 2.24) is 19.8 Å². The number of hydrogen-bond acceptors (Lipinski definition) is 2. The topological polar surface area (TPSA) is 45.5 Å². The molecule has 0 radical (unpaired) electrons. The summed E-state index contributed by atoms with van der Waals surface area (Å²) < 4.78 is 14.4. The predicted octanol–water partition coefficient (Wildman–Crippen LogP) is 2.32. The third-order valence-electron chi connectivity index (χ3n) is 3.93. The monoisotopic (exact) mass is 409 g/mol. The Morgan fingerprint density at radius 2 is 2.33 bits per heavy atom. The molecule has 1 aromatic heterocycles. The zero-order chi connectivity index (χ0) is 14.4. The number of aromatic nitrogens is 2. The molecule has 5 nitrogen and oxygen atoms in total. The molecule has 1 aliphatic heterocycles. The van der Waals surface area contributed by atoms with E-state index in [0.29, 0.717) is 24.9 Å². The second kappa shape index (κ2) is 9.22. The van der Waals surface area contributed by atoms with E-state index in [9.17, 15) is 4.39 Å². The van der Waals surface area contributed by atoms with Crippen LogP contribution in [0.2, 0.25) is 0 Å². The summed E-state index contributed by atoms with van der Waals surface area (Å²) >= 11 is 0. The molecule has 1 N–H and O–H groups in total. The third-order valence-corrected chi connectivity index (χ3v) is 3.93. The van der Waals surface area contributed by atoms with Crippen LogP contribution in [0.15, 0.2) is 23.7 Å². The molecule has 0 saturated carbocycles. The number of nitrogens with one attached hydrogen (secondary N) is 1. The number of guanidine groups is 1. The average molecular weight is 409 g/mol. The molecule has 2 atom stereocenters. The second-order valence-corrected chi connectivity index (χ2v) is 5.31. The number of aliphatic imine (C=N–C) groups is 1. The SMILES string of the molecule is CN=C(NCCCF)N1CCC(C)C(n2ccnc2)C1.I. The molecule has 1 aromatic rings. The number of alkyl halides is 1. The molecule has 120 valence electrons. The number of halogens is 2. The Labute approximate surface area is 143 Å². The predicted molar refractivity (Wildman–Crippen MR) is 94.0 cm³/mol. The van der Waals surface area contributed by atoms with Crippen molar-refractivity contribution in [1.29, 1.82) is 0 Å². The molecule has 0 amide bonds. The molecule has 2 unspecified atom stereocenters. The van der Waals surface area contributed by atoms with Gasteiger partial charge in [0.2, 0.25) is 0 Å². The molecule has 7 heteroatoms. The van der Waals surface area contributed by atoms with Gasteiger partial charge in [0, 0.05) is 39.1 Å². The Morgan fingerprint density at radius 1 is 1.52 bits per heavy atom. The van der Waals surface area contributed by atoms with E-state index >= 15 is 0 Å². The standard InChI is InChI=1S/C14H24FN5.HI/c1-12-4-8-19(14(16-2)18-6-3-5-15)10-13(12)20-9-7-17-11-20;/h7,9,11-13H,3-6,8,10H2,1-2H3,(H,16,18);1H. The van der Waals surface area contributed by atoms with Gasteiger partial charge in [0.05, 0.1) is 19.0 Å². The lowest BCUT2D eigenvalue weighted by atomic mass is 9.93. The minimum absolute atomic E-state index is 0. The summed E-state index contributed by atoms with van der Waals surface area (Å²) in [5, 5.41) is 3.23. The summed E-state index contributed by atoms with van der Waals surface area (Å²) in [5.74, 6) is 1.49. The summed E-state index contributed by atoms with van der Waals surface area (Å²) in [5.41, 5.74) is 0. The summed E-state index contributed by atoms with van der Waals surface area (Å²) in [4.78, 5) is 10.7. The van der Waals surface area contributed by atoms with Crippen LogP contribution in [0, 0.1) is 5.92 Å². The zero-order valence-corrected chi connectivity index (χ0v) is 15.0. The Morgan fingerprint density at radius 3 is 2.95 bits per heavy atom. The van der Waals surface area contributed by atoms with Crippen LogP contribution in [0.1, 0.15) is 25.8 Å². The molecule has 21 heavy (non-hydrogen) atoms. The number of likely N-dealkylation sites (tertiary alicyclic amines) is 1. The van der Waals surface area contributed by atoms with Gasteiger partial charge < -0.3 is 14.8 Å². The third kappa shape index (κ3) is 4.82. The van der Waals surface area contributed by atoms with Gasteiger partial charge in [0.25, 0.3) is 0 Å². The largest absolute Gasteiger partial charge is 0.356 e. The number of imidazole rings is 1.